The van der Waals surface area contributed by atoms with Gasteiger partial charge < -0.3 is 15.5 Å². The number of alkyl halides is 3. The number of aromatic nitrogens is 2. The van der Waals surface area contributed by atoms with Gasteiger partial charge in [0.05, 0.1) is 11.0 Å². The molecule has 2 heterocycles. The zero-order chi connectivity index (χ0) is 25.1. The summed E-state index contributed by atoms with van der Waals surface area (Å²) in [6.45, 7) is 3.59. The van der Waals surface area contributed by atoms with Crippen LogP contribution in [0.1, 0.15) is 18.7 Å². The van der Waals surface area contributed by atoms with Gasteiger partial charge in [0.2, 0.25) is 5.82 Å². The zero-order valence-corrected chi connectivity index (χ0v) is 19.6. The van der Waals surface area contributed by atoms with Crippen LogP contribution in [0.5, 0.6) is 0 Å². The number of urea groups is 1. The highest BCUT2D eigenvalue weighted by molar-refractivity contribution is 5.90. The van der Waals surface area contributed by atoms with Crippen molar-refractivity contribution in [3.05, 3.63) is 78.6 Å². The number of nitrogens with zero attached hydrogens (tertiary/aromatic N) is 3. The number of hydrogen-bond acceptors (Lipinski definition) is 3. The summed E-state index contributed by atoms with van der Waals surface area (Å²) in [7, 11) is 0. The Balaban J connectivity index is 1.32. The van der Waals surface area contributed by atoms with Crippen molar-refractivity contribution in [2.45, 2.75) is 19.0 Å². The van der Waals surface area contributed by atoms with E-state index in [2.05, 4.69) is 20.5 Å². The van der Waals surface area contributed by atoms with Crippen molar-refractivity contribution in [1.29, 1.82) is 0 Å². The van der Waals surface area contributed by atoms with Crippen LogP contribution in [0, 0.1) is 0 Å². The standard InChI is InChI=1S/C27H26F3N5O/c28-27(29,30)25-33-23-18-20(10-13-24(23)35(25)22-6-2-1-3-7-22)19-8-11-21(12-9-19)32-26(36)31-14-17-34-15-4-5-16-34/h1-3,6-13,18H,4-5,14-17H2,(H2,31,32,36). The van der Waals surface area contributed by atoms with Gasteiger partial charge in [0.25, 0.3) is 0 Å². The summed E-state index contributed by atoms with van der Waals surface area (Å²) >= 11 is 0. The summed E-state index contributed by atoms with van der Waals surface area (Å²) in [6.07, 6.45) is -2.18. The quantitative estimate of drug-likeness (QED) is 0.350. The Morgan fingerprint density at radius 3 is 2.31 bits per heavy atom. The molecule has 9 heteroatoms. The molecule has 0 atom stereocenters. The van der Waals surface area contributed by atoms with Crippen molar-refractivity contribution >= 4 is 22.8 Å². The number of para-hydroxylation sites is 1. The smallest absolute Gasteiger partial charge is 0.337 e. The summed E-state index contributed by atoms with van der Waals surface area (Å²) in [5.74, 6) is -0.962. The van der Waals surface area contributed by atoms with E-state index >= 15 is 0 Å². The number of halogens is 3. The first kappa shape index (κ1) is 23.9. The molecule has 186 valence electrons. The first-order chi connectivity index (χ1) is 17.4. The van der Waals surface area contributed by atoms with Crippen LogP contribution in [0.2, 0.25) is 0 Å². The van der Waals surface area contributed by atoms with Crippen molar-refractivity contribution in [1.82, 2.24) is 19.8 Å². The molecule has 1 aliphatic rings. The van der Waals surface area contributed by atoms with Crippen LogP contribution >= 0.6 is 0 Å². The van der Waals surface area contributed by atoms with E-state index in [1.807, 2.05) is 12.1 Å². The molecule has 2 amide bonds. The molecule has 36 heavy (non-hydrogen) atoms. The zero-order valence-electron chi connectivity index (χ0n) is 19.6. The lowest BCUT2D eigenvalue weighted by Gasteiger charge is -2.15. The van der Waals surface area contributed by atoms with E-state index < -0.39 is 12.0 Å². The van der Waals surface area contributed by atoms with E-state index in [0.717, 1.165) is 35.3 Å². The molecule has 0 radical (unpaired) electrons. The molecule has 1 saturated heterocycles. The molecule has 1 fully saturated rings. The Labute approximate surface area is 206 Å². The van der Waals surface area contributed by atoms with Crippen LogP contribution in [0.15, 0.2) is 72.8 Å². The number of hydrogen-bond donors (Lipinski definition) is 2. The molecular formula is C27H26F3N5O. The second-order valence-corrected chi connectivity index (χ2v) is 8.81. The number of carbonyl (C=O) groups excluding carboxylic acids is 1. The molecule has 3 aromatic carbocycles. The number of anilines is 1. The van der Waals surface area contributed by atoms with Crippen LogP contribution in [0.3, 0.4) is 0 Å². The topological polar surface area (TPSA) is 62.2 Å². The Hall–Kier alpha value is -3.85. The summed E-state index contributed by atoms with van der Waals surface area (Å²) in [5, 5.41) is 5.68. The Bertz CT molecular complexity index is 1340. The van der Waals surface area contributed by atoms with Crippen molar-refractivity contribution in [2.75, 3.05) is 31.5 Å². The third-order valence-corrected chi connectivity index (χ3v) is 6.31. The highest BCUT2D eigenvalue weighted by atomic mass is 19.4. The monoisotopic (exact) mass is 493 g/mol. The third-order valence-electron chi connectivity index (χ3n) is 6.31. The lowest BCUT2D eigenvalue weighted by Crippen LogP contribution is -2.35. The minimum Gasteiger partial charge on any atom is -0.337 e. The van der Waals surface area contributed by atoms with Crippen molar-refractivity contribution in [2.24, 2.45) is 0 Å². The third kappa shape index (κ3) is 5.21. The summed E-state index contributed by atoms with van der Waals surface area (Å²) < 4.78 is 42.5. The van der Waals surface area contributed by atoms with E-state index in [1.54, 1.807) is 60.7 Å². The summed E-state index contributed by atoms with van der Waals surface area (Å²) in [4.78, 5) is 18.4. The van der Waals surface area contributed by atoms with Gasteiger partial charge in [0.1, 0.15) is 0 Å². The van der Waals surface area contributed by atoms with Gasteiger partial charge in [-0.25, -0.2) is 9.78 Å². The maximum absolute atomic E-state index is 13.8. The number of amides is 2. The van der Waals surface area contributed by atoms with Gasteiger partial charge in [0, 0.05) is 24.5 Å². The fourth-order valence-corrected chi connectivity index (χ4v) is 4.54. The first-order valence-corrected chi connectivity index (χ1v) is 11.9. The molecule has 0 aliphatic carbocycles. The SMILES string of the molecule is O=C(NCCN1CCCC1)Nc1ccc(-c2ccc3c(c2)nc(C(F)(F)F)n3-c2ccccc2)cc1. The number of fused-ring (bicyclic) bond motifs is 1. The maximum atomic E-state index is 13.8. The van der Waals surface area contributed by atoms with E-state index in [9.17, 15) is 18.0 Å². The van der Waals surface area contributed by atoms with E-state index in [-0.39, 0.29) is 11.5 Å². The maximum Gasteiger partial charge on any atom is 0.450 e. The first-order valence-electron chi connectivity index (χ1n) is 11.9. The van der Waals surface area contributed by atoms with Gasteiger partial charge in [-0.15, -0.1) is 0 Å². The Morgan fingerprint density at radius 2 is 1.61 bits per heavy atom. The average molecular weight is 494 g/mol. The molecular weight excluding hydrogens is 467 g/mol. The normalized spacial score (nSPS) is 14.3. The predicted molar refractivity (Wildman–Crippen MR) is 134 cm³/mol. The molecule has 4 aromatic rings. The molecule has 0 saturated carbocycles. The molecule has 0 unspecified atom stereocenters. The van der Waals surface area contributed by atoms with E-state index in [1.165, 1.54) is 12.8 Å². The number of nitrogens with one attached hydrogen (secondary N) is 2. The highest BCUT2D eigenvalue weighted by Gasteiger charge is 2.38. The van der Waals surface area contributed by atoms with Gasteiger partial charge >= 0.3 is 12.2 Å². The number of imidazole rings is 1. The fourth-order valence-electron chi connectivity index (χ4n) is 4.54. The summed E-state index contributed by atoms with van der Waals surface area (Å²) in [6, 6.07) is 20.4. The van der Waals surface area contributed by atoms with Crippen LogP contribution in [0.4, 0.5) is 23.7 Å². The number of likely N-dealkylation sites (tertiary alicyclic amines) is 1. The largest absolute Gasteiger partial charge is 0.450 e. The second kappa shape index (κ2) is 10.0. The van der Waals surface area contributed by atoms with Crippen LogP contribution in [-0.2, 0) is 6.18 Å². The van der Waals surface area contributed by atoms with Gasteiger partial charge in [-0.1, -0.05) is 36.4 Å². The van der Waals surface area contributed by atoms with Gasteiger partial charge in [0.15, 0.2) is 0 Å². The number of carbonyl (C=O) groups is 1. The minimum atomic E-state index is -4.60. The molecule has 0 spiro atoms. The average Bonchev–Trinajstić information content (AvgIpc) is 3.52. The molecule has 0 bridgehead atoms. The lowest BCUT2D eigenvalue weighted by molar-refractivity contribution is -0.145. The van der Waals surface area contributed by atoms with Crippen molar-refractivity contribution in [3.8, 4) is 16.8 Å². The highest BCUT2D eigenvalue weighted by Crippen LogP contribution is 2.35. The van der Waals surface area contributed by atoms with Crippen LogP contribution in [0.25, 0.3) is 27.8 Å². The van der Waals surface area contributed by atoms with Gasteiger partial charge in [-0.05, 0) is 73.5 Å². The predicted octanol–water partition coefficient (Wildman–Crippen LogP) is 5.93. The van der Waals surface area contributed by atoms with Crippen LogP contribution < -0.4 is 10.6 Å². The van der Waals surface area contributed by atoms with E-state index in [0.29, 0.717) is 23.4 Å². The number of benzene rings is 3. The number of rotatable bonds is 6. The van der Waals surface area contributed by atoms with Crippen molar-refractivity contribution < 1.29 is 18.0 Å². The van der Waals surface area contributed by atoms with E-state index in [4.69, 9.17) is 0 Å². The lowest BCUT2D eigenvalue weighted by atomic mass is 10.0. The Kier molecular flexibility index (Phi) is 6.65. The minimum absolute atomic E-state index is 0.253. The second-order valence-electron chi connectivity index (χ2n) is 8.81. The molecule has 2 N–H and O–H groups in total. The van der Waals surface area contributed by atoms with Crippen molar-refractivity contribution in [3.63, 3.8) is 0 Å². The molecule has 1 aromatic heterocycles. The Morgan fingerprint density at radius 1 is 0.917 bits per heavy atom. The van der Waals surface area contributed by atoms with Crippen LogP contribution in [-0.4, -0.2) is 46.7 Å². The molecule has 6 nitrogen and oxygen atoms in total. The molecule has 1 aliphatic heterocycles. The fraction of sp³-hybridized carbons (Fsp3) is 0.259. The summed E-state index contributed by atoms with van der Waals surface area (Å²) in [5.41, 5.74) is 3.19. The van der Waals surface area contributed by atoms with Gasteiger partial charge in [-0.2, -0.15) is 13.2 Å². The molecule has 5 rings (SSSR count). The van der Waals surface area contributed by atoms with Gasteiger partial charge in [-0.3, -0.25) is 4.57 Å².